The zero-order valence-corrected chi connectivity index (χ0v) is 13.9. The van der Waals surface area contributed by atoms with E-state index < -0.39 is 4.92 Å². The molecule has 0 unspecified atom stereocenters. The summed E-state index contributed by atoms with van der Waals surface area (Å²) < 4.78 is 0. The third kappa shape index (κ3) is 5.58. The Bertz CT molecular complexity index is 696. The average Bonchev–Trinajstić information content (AvgIpc) is 3.10. The molecular formula is C17H18N2O4S. The van der Waals surface area contributed by atoms with Crippen LogP contribution >= 0.6 is 11.3 Å². The van der Waals surface area contributed by atoms with Crippen molar-refractivity contribution in [1.82, 2.24) is 5.32 Å². The van der Waals surface area contributed by atoms with Crippen molar-refractivity contribution in [3.05, 3.63) is 62.3 Å². The monoisotopic (exact) mass is 346 g/mol. The number of carbonyl (C=O) groups is 2. The second-order valence-electron chi connectivity index (χ2n) is 5.28. The first-order valence-electron chi connectivity index (χ1n) is 7.63. The molecule has 1 heterocycles. The van der Waals surface area contributed by atoms with Gasteiger partial charge in [-0.1, -0.05) is 18.2 Å². The summed E-state index contributed by atoms with van der Waals surface area (Å²) >= 11 is 1.41. The highest BCUT2D eigenvalue weighted by atomic mass is 32.1. The number of benzene rings is 1. The number of thiophene rings is 1. The molecule has 0 aliphatic heterocycles. The van der Waals surface area contributed by atoms with E-state index >= 15 is 0 Å². The number of hydrogen-bond donors (Lipinski definition) is 1. The normalized spacial score (nSPS) is 10.3. The van der Waals surface area contributed by atoms with Crippen LogP contribution in [0, 0.1) is 10.1 Å². The lowest BCUT2D eigenvalue weighted by atomic mass is 10.1. The van der Waals surface area contributed by atoms with Crippen molar-refractivity contribution in [2.24, 2.45) is 0 Å². The molecule has 0 bridgehead atoms. The summed E-state index contributed by atoms with van der Waals surface area (Å²) in [5.41, 5.74) is 0.979. The highest BCUT2D eigenvalue weighted by Gasteiger charge is 2.08. The molecule has 0 saturated carbocycles. The quantitative estimate of drug-likeness (QED) is 0.428. The largest absolute Gasteiger partial charge is 0.356 e. The highest BCUT2D eigenvalue weighted by molar-refractivity contribution is 7.12. The molecule has 2 aromatic rings. The maximum Gasteiger partial charge on any atom is 0.269 e. The number of nitrogens with zero attached hydrogens (tertiary/aromatic N) is 1. The maximum atomic E-state index is 11.8. The van der Waals surface area contributed by atoms with Crippen molar-refractivity contribution in [2.75, 3.05) is 6.54 Å². The molecule has 0 aliphatic carbocycles. The van der Waals surface area contributed by atoms with E-state index in [1.165, 1.54) is 23.5 Å². The molecule has 0 aliphatic rings. The third-order valence-corrected chi connectivity index (χ3v) is 4.40. The Kier molecular flexibility index (Phi) is 6.62. The number of nitro groups is 1. The van der Waals surface area contributed by atoms with Gasteiger partial charge < -0.3 is 5.32 Å². The van der Waals surface area contributed by atoms with Crippen molar-refractivity contribution < 1.29 is 14.5 Å². The summed E-state index contributed by atoms with van der Waals surface area (Å²) in [6.45, 7) is 0.468. The Morgan fingerprint density at radius 1 is 1.12 bits per heavy atom. The van der Waals surface area contributed by atoms with Gasteiger partial charge in [0.25, 0.3) is 5.69 Å². The Labute approximate surface area is 143 Å². The number of ketones is 1. The van der Waals surface area contributed by atoms with Gasteiger partial charge >= 0.3 is 0 Å². The number of hydrogen-bond acceptors (Lipinski definition) is 5. The van der Waals surface area contributed by atoms with Crippen LogP contribution in [0.4, 0.5) is 5.69 Å². The van der Waals surface area contributed by atoms with Gasteiger partial charge in [0.1, 0.15) is 0 Å². The van der Waals surface area contributed by atoms with Gasteiger partial charge in [0, 0.05) is 31.5 Å². The average molecular weight is 346 g/mol. The Hall–Kier alpha value is -2.54. The van der Waals surface area contributed by atoms with Gasteiger partial charge in [-0.25, -0.2) is 0 Å². The van der Waals surface area contributed by atoms with Crippen LogP contribution in [0.2, 0.25) is 0 Å². The minimum atomic E-state index is -0.441. The fourth-order valence-electron chi connectivity index (χ4n) is 2.19. The number of nitrogens with one attached hydrogen (secondary N) is 1. The summed E-state index contributed by atoms with van der Waals surface area (Å²) in [6, 6.07) is 9.90. The molecule has 6 nitrogen and oxygen atoms in total. The third-order valence-electron chi connectivity index (χ3n) is 3.49. The summed E-state index contributed by atoms with van der Waals surface area (Å²) in [7, 11) is 0. The van der Waals surface area contributed by atoms with Gasteiger partial charge in [-0.05, 0) is 29.9 Å². The van der Waals surface area contributed by atoms with Gasteiger partial charge in [-0.2, -0.15) is 0 Å². The predicted molar refractivity (Wildman–Crippen MR) is 92.3 cm³/mol. The number of non-ortho nitro benzene ring substituents is 1. The molecular weight excluding hydrogens is 328 g/mol. The van der Waals surface area contributed by atoms with Crippen LogP contribution in [0.5, 0.6) is 0 Å². The van der Waals surface area contributed by atoms with Crippen LogP contribution in [0.15, 0.2) is 41.8 Å². The number of rotatable bonds is 9. The zero-order chi connectivity index (χ0) is 17.4. The fourth-order valence-corrected chi connectivity index (χ4v) is 2.88. The van der Waals surface area contributed by atoms with Crippen LogP contribution in [0.25, 0.3) is 0 Å². The van der Waals surface area contributed by atoms with Gasteiger partial charge in [0.05, 0.1) is 9.80 Å². The number of Topliss-reactive ketones (excluding diaryl/α,β-unsaturated/α-hetero) is 1. The summed E-state index contributed by atoms with van der Waals surface area (Å²) in [6.07, 6.45) is 1.83. The van der Waals surface area contributed by atoms with Gasteiger partial charge in [0.15, 0.2) is 5.78 Å². The fraction of sp³-hybridized carbons (Fsp3) is 0.294. The topological polar surface area (TPSA) is 89.3 Å². The smallest absolute Gasteiger partial charge is 0.269 e. The molecule has 1 aromatic heterocycles. The molecule has 0 fully saturated rings. The molecule has 0 saturated heterocycles. The molecule has 1 amide bonds. The van der Waals surface area contributed by atoms with Crippen LogP contribution in [-0.2, 0) is 11.2 Å². The first kappa shape index (κ1) is 17.8. The Morgan fingerprint density at radius 3 is 2.50 bits per heavy atom. The summed E-state index contributed by atoms with van der Waals surface area (Å²) in [4.78, 5) is 34.4. The minimum Gasteiger partial charge on any atom is -0.356 e. The second kappa shape index (κ2) is 8.93. The maximum absolute atomic E-state index is 11.8. The van der Waals surface area contributed by atoms with E-state index in [2.05, 4.69) is 5.32 Å². The molecule has 7 heteroatoms. The van der Waals surface area contributed by atoms with E-state index in [4.69, 9.17) is 0 Å². The first-order valence-corrected chi connectivity index (χ1v) is 8.51. The van der Waals surface area contributed by atoms with Crippen LogP contribution in [0.3, 0.4) is 0 Å². The molecule has 126 valence electrons. The van der Waals surface area contributed by atoms with E-state index in [1.54, 1.807) is 18.2 Å². The van der Waals surface area contributed by atoms with Gasteiger partial charge in [0.2, 0.25) is 5.91 Å². The summed E-state index contributed by atoms with van der Waals surface area (Å²) in [5, 5.41) is 15.2. The van der Waals surface area contributed by atoms with Crippen LogP contribution < -0.4 is 5.32 Å². The van der Waals surface area contributed by atoms with E-state index in [9.17, 15) is 19.7 Å². The Morgan fingerprint density at radius 2 is 1.88 bits per heavy atom. The lowest BCUT2D eigenvalue weighted by Crippen LogP contribution is -2.25. The summed E-state index contributed by atoms with van der Waals surface area (Å²) in [5.74, 6) is -0.0143. The highest BCUT2D eigenvalue weighted by Crippen LogP contribution is 2.13. The number of carbonyl (C=O) groups excluding carboxylic acids is 2. The van der Waals surface area contributed by atoms with Crippen molar-refractivity contribution >= 4 is 28.7 Å². The van der Waals surface area contributed by atoms with Gasteiger partial charge in [-0.3, -0.25) is 19.7 Å². The molecule has 0 spiro atoms. The predicted octanol–water partition coefficient (Wildman–Crippen LogP) is 3.37. The Balaban J connectivity index is 1.62. The molecule has 24 heavy (non-hydrogen) atoms. The number of amides is 1. The van der Waals surface area contributed by atoms with E-state index in [1.807, 2.05) is 11.4 Å². The lowest BCUT2D eigenvalue weighted by molar-refractivity contribution is -0.384. The van der Waals surface area contributed by atoms with E-state index in [0.29, 0.717) is 32.2 Å². The van der Waals surface area contributed by atoms with Gasteiger partial charge in [-0.15, -0.1) is 11.3 Å². The van der Waals surface area contributed by atoms with Crippen molar-refractivity contribution in [2.45, 2.75) is 25.7 Å². The molecule has 0 radical (unpaired) electrons. The molecule has 2 rings (SSSR count). The SMILES string of the molecule is O=C(CCCC(=O)c1cccs1)NCCc1ccc([N+](=O)[O-])cc1. The van der Waals surface area contributed by atoms with Crippen molar-refractivity contribution in [3.63, 3.8) is 0 Å². The molecule has 0 atom stereocenters. The molecule has 1 N–H and O–H groups in total. The minimum absolute atomic E-state index is 0.0539. The standard InChI is InChI=1S/C17H18N2O4S/c20-15(16-4-2-12-24-16)3-1-5-17(21)18-11-10-13-6-8-14(9-7-13)19(22)23/h2,4,6-9,12H,1,3,5,10-11H2,(H,18,21). The second-order valence-corrected chi connectivity index (χ2v) is 6.23. The van der Waals surface area contributed by atoms with Crippen molar-refractivity contribution in [3.8, 4) is 0 Å². The molecule has 1 aromatic carbocycles. The first-order chi connectivity index (χ1) is 11.6. The number of nitro benzene ring substituents is 1. The van der Waals surface area contributed by atoms with E-state index in [0.717, 1.165) is 10.4 Å². The van der Waals surface area contributed by atoms with Crippen LogP contribution in [-0.4, -0.2) is 23.2 Å². The van der Waals surface area contributed by atoms with Crippen molar-refractivity contribution in [1.29, 1.82) is 0 Å². The van der Waals surface area contributed by atoms with Crippen LogP contribution in [0.1, 0.15) is 34.5 Å². The van der Waals surface area contributed by atoms with E-state index in [-0.39, 0.29) is 17.4 Å². The zero-order valence-electron chi connectivity index (χ0n) is 13.1. The lowest BCUT2D eigenvalue weighted by Gasteiger charge is -2.05.